The maximum atomic E-state index is 13.3. The van der Waals surface area contributed by atoms with Gasteiger partial charge in [-0.2, -0.15) is 0 Å². The summed E-state index contributed by atoms with van der Waals surface area (Å²) in [5.74, 6) is 0.801. The van der Waals surface area contributed by atoms with Crippen LogP contribution in [0.5, 0.6) is 0 Å². The SMILES string of the molecule is CC(C)(C)C(=O)N1CCC(Nc2nc3ccccc3n2Cc2ccc(F)cc2)CC1. The van der Waals surface area contributed by atoms with Crippen molar-refractivity contribution in [3.05, 3.63) is 59.9 Å². The van der Waals surface area contributed by atoms with Gasteiger partial charge in [-0.1, -0.05) is 45.0 Å². The zero-order valence-electron chi connectivity index (χ0n) is 17.9. The van der Waals surface area contributed by atoms with Gasteiger partial charge in [-0.3, -0.25) is 4.79 Å². The number of aromatic nitrogens is 2. The molecule has 0 aliphatic carbocycles. The number of carbonyl (C=O) groups is 1. The van der Waals surface area contributed by atoms with E-state index in [4.69, 9.17) is 4.98 Å². The summed E-state index contributed by atoms with van der Waals surface area (Å²) >= 11 is 0. The minimum Gasteiger partial charge on any atom is -0.353 e. The number of piperidine rings is 1. The van der Waals surface area contributed by atoms with E-state index in [0.717, 1.165) is 48.5 Å². The Kier molecular flexibility index (Phi) is 5.50. The third-order valence-electron chi connectivity index (χ3n) is 5.67. The number of halogens is 1. The third-order valence-corrected chi connectivity index (χ3v) is 5.67. The van der Waals surface area contributed by atoms with Crippen LogP contribution in [0.15, 0.2) is 48.5 Å². The molecule has 0 saturated carbocycles. The lowest BCUT2D eigenvalue weighted by Gasteiger charge is -2.36. The lowest BCUT2D eigenvalue weighted by molar-refractivity contribution is -0.140. The molecule has 4 rings (SSSR count). The van der Waals surface area contributed by atoms with Crippen LogP contribution in [0.1, 0.15) is 39.2 Å². The van der Waals surface area contributed by atoms with Gasteiger partial charge in [0, 0.05) is 24.5 Å². The van der Waals surface area contributed by atoms with Gasteiger partial charge in [-0.25, -0.2) is 9.37 Å². The van der Waals surface area contributed by atoms with Crippen molar-refractivity contribution in [2.75, 3.05) is 18.4 Å². The molecule has 5 nitrogen and oxygen atoms in total. The van der Waals surface area contributed by atoms with Gasteiger partial charge in [0.15, 0.2) is 0 Å². The number of likely N-dealkylation sites (tertiary alicyclic amines) is 1. The molecule has 30 heavy (non-hydrogen) atoms. The van der Waals surface area contributed by atoms with E-state index in [2.05, 4.69) is 16.0 Å². The lowest BCUT2D eigenvalue weighted by atomic mass is 9.93. The van der Waals surface area contributed by atoms with Crippen molar-refractivity contribution in [3.63, 3.8) is 0 Å². The van der Waals surface area contributed by atoms with Crippen LogP contribution in [0.4, 0.5) is 10.3 Å². The van der Waals surface area contributed by atoms with Crippen molar-refractivity contribution in [2.45, 2.75) is 46.2 Å². The second kappa shape index (κ2) is 8.09. The monoisotopic (exact) mass is 408 g/mol. The van der Waals surface area contributed by atoms with Crippen LogP contribution >= 0.6 is 0 Å². The largest absolute Gasteiger partial charge is 0.353 e. The van der Waals surface area contributed by atoms with E-state index >= 15 is 0 Å². The summed E-state index contributed by atoms with van der Waals surface area (Å²) in [5.41, 5.74) is 2.66. The maximum absolute atomic E-state index is 13.3. The molecule has 1 fully saturated rings. The standard InChI is InChI=1S/C24H29FN4O/c1-24(2,3)22(30)28-14-12-19(13-15-28)26-23-27-20-6-4-5-7-21(20)29(23)16-17-8-10-18(25)11-9-17/h4-11,19H,12-16H2,1-3H3,(H,26,27). The Morgan fingerprint density at radius 3 is 2.43 bits per heavy atom. The molecule has 0 spiro atoms. The second-order valence-corrected chi connectivity index (χ2v) is 9.10. The molecule has 0 atom stereocenters. The van der Waals surface area contributed by atoms with Gasteiger partial charge < -0.3 is 14.8 Å². The van der Waals surface area contributed by atoms with Crippen LogP contribution < -0.4 is 5.32 Å². The molecule has 0 unspecified atom stereocenters. The number of rotatable bonds is 4. The van der Waals surface area contributed by atoms with Crippen LogP contribution in [0.2, 0.25) is 0 Å². The van der Waals surface area contributed by atoms with Gasteiger partial charge in [0.2, 0.25) is 11.9 Å². The Morgan fingerprint density at radius 2 is 1.77 bits per heavy atom. The number of anilines is 1. The summed E-state index contributed by atoms with van der Waals surface area (Å²) in [7, 11) is 0. The number of para-hydroxylation sites is 2. The van der Waals surface area contributed by atoms with Gasteiger partial charge in [-0.05, 0) is 42.7 Å². The van der Waals surface area contributed by atoms with E-state index in [1.54, 1.807) is 0 Å². The minimum atomic E-state index is -0.344. The Labute approximate surface area is 176 Å². The van der Waals surface area contributed by atoms with Crippen molar-refractivity contribution in [1.29, 1.82) is 0 Å². The molecule has 1 N–H and O–H groups in total. The summed E-state index contributed by atoms with van der Waals surface area (Å²) in [6.45, 7) is 8.04. The van der Waals surface area contributed by atoms with E-state index in [9.17, 15) is 9.18 Å². The Morgan fingerprint density at radius 1 is 1.10 bits per heavy atom. The van der Waals surface area contributed by atoms with Crippen LogP contribution in [0, 0.1) is 11.2 Å². The van der Waals surface area contributed by atoms with Crippen molar-refractivity contribution >= 4 is 22.9 Å². The highest BCUT2D eigenvalue weighted by Crippen LogP contribution is 2.25. The topological polar surface area (TPSA) is 50.2 Å². The number of imidazole rings is 1. The summed E-state index contributed by atoms with van der Waals surface area (Å²) < 4.78 is 15.5. The molecule has 1 aliphatic rings. The zero-order chi connectivity index (χ0) is 21.3. The Hall–Kier alpha value is -2.89. The first kappa shape index (κ1) is 20.4. The fourth-order valence-corrected chi connectivity index (χ4v) is 4.00. The molecular formula is C24H29FN4O. The van der Waals surface area contributed by atoms with Crippen LogP contribution in [-0.2, 0) is 11.3 Å². The predicted octanol–water partition coefficient (Wildman–Crippen LogP) is 4.67. The molecule has 1 amide bonds. The molecule has 1 aliphatic heterocycles. The average Bonchev–Trinajstić information content (AvgIpc) is 3.06. The quantitative estimate of drug-likeness (QED) is 0.682. The van der Waals surface area contributed by atoms with Crippen LogP contribution in [0.3, 0.4) is 0 Å². The van der Waals surface area contributed by atoms with Crippen LogP contribution in [-0.4, -0.2) is 39.5 Å². The fraction of sp³-hybridized carbons (Fsp3) is 0.417. The van der Waals surface area contributed by atoms with Gasteiger partial charge in [-0.15, -0.1) is 0 Å². The average molecular weight is 409 g/mol. The second-order valence-electron chi connectivity index (χ2n) is 9.10. The van der Waals surface area contributed by atoms with Gasteiger partial charge in [0.25, 0.3) is 0 Å². The number of nitrogens with zero attached hydrogens (tertiary/aromatic N) is 3. The van der Waals surface area contributed by atoms with Gasteiger partial charge in [0.05, 0.1) is 17.6 Å². The minimum absolute atomic E-state index is 0.212. The summed E-state index contributed by atoms with van der Waals surface area (Å²) in [6.07, 6.45) is 1.78. The molecule has 1 aromatic heterocycles. The number of amides is 1. The normalized spacial score (nSPS) is 15.5. The van der Waals surface area contributed by atoms with E-state index in [0.29, 0.717) is 6.54 Å². The van der Waals surface area contributed by atoms with Crippen molar-refractivity contribution < 1.29 is 9.18 Å². The van der Waals surface area contributed by atoms with Crippen molar-refractivity contribution in [2.24, 2.45) is 5.41 Å². The smallest absolute Gasteiger partial charge is 0.227 e. The number of nitrogens with one attached hydrogen (secondary N) is 1. The van der Waals surface area contributed by atoms with Crippen molar-refractivity contribution in [1.82, 2.24) is 14.5 Å². The molecule has 158 valence electrons. The molecule has 2 heterocycles. The van der Waals surface area contributed by atoms with E-state index in [1.807, 2.05) is 56.0 Å². The van der Waals surface area contributed by atoms with Gasteiger partial charge in [0.1, 0.15) is 5.82 Å². The highest BCUT2D eigenvalue weighted by molar-refractivity contribution is 5.81. The molecule has 6 heteroatoms. The highest BCUT2D eigenvalue weighted by atomic mass is 19.1. The molecule has 0 bridgehead atoms. The summed E-state index contributed by atoms with van der Waals surface area (Å²) in [4.78, 5) is 19.3. The van der Waals surface area contributed by atoms with Crippen molar-refractivity contribution in [3.8, 4) is 0 Å². The first-order chi connectivity index (χ1) is 14.3. The lowest BCUT2D eigenvalue weighted by Crippen LogP contribution is -2.46. The Balaban J connectivity index is 1.52. The number of hydrogen-bond donors (Lipinski definition) is 1. The van der Waals surface area contributed by atoms with E-state index < -0.39 is 0 Å². The molecule has 3 aromatic rings. The zero-order valence-corrected chi connectivity index (χ0v) is 17.9. The maximum Gasteiger partial charge on any atom is 0.227 e. The Bertz CT molecular complexity index is 1030. The van der Waals surface area contributed by atoms with Gasteiger partial charge >= 0.3 is 0 Å². The molecular weight excluding hydrogens is 379 g/mol. The molecule has 0 radical (unpaired) electrons. The van der Waals surface area contributed by atoms with E-state index in [-0.39, 0.29) is 23.2 Å². The number of carbonyl (C=O) groups excluding carboxylic acids is 1. The molecule has 1 saturated heterocycles. The number of benzene rings is 2. The molecule has 2 aromatic carbocycles. The van der Waals surface area contributed by atoms with Crippen LogP contribution in [0.25, 0.3) is 11.0 Å². The number of hydrogen-bond acceptors (Lipinski definition) is 3. The predicted molar refractivity (Wildman–Crippen MR) is 118 cm³/mol. The third kappa shape index (κ3) is 4.32. The van der Waals surface area contributed by atoms with E-state index in [1.165, 1.54) is 12.1 Å². The fourth-order valence-electron chi connectivity index (χ4n) is 4.00. The first-order valence-corrected chi connectivity index (χ1v) is 10.6. The summed E-state index contributed by atoms with van der Waals surface area (Å²) in [5, 5.41) is 3.61. The highest BCUT2D eigenvalue weighted by Gasteiger charge is 2.30. The number of fused-ring (bicyclic) bond motifs is 1. The summed E-state index contributed by atoms with van der Waals surface area (Å²) in [6, 6.07) is 14.9. The first-order valence-electron chi connectivity index (χ1n) is 10.6.